The second kappa shape index (κ2) is 7.09. The summed E-state index contributed by atoms with van der Waals surface area (Å²) in [6.45, 7) is 8.34. The van der Waals surface area contributed by atoms with Crippen LogP contribution in [0.4, 0.5) is 4.79 Å². The highest BCUT2D eigenvalue weighted by molar-refractivity contribution is 5.80. The third-order valence-electron chi connectivity index (χ3n) is 1.91. The van der Waals surface area contributed by atoms with Crippen LogP contribution in [0.15, 0.2) is 0 Å². The molecular weight excluding hydrogens is 196 g/mol. The van der Waals surface area contributed by atoms with Crippen molar-refractivity contribution < 1.29 is 14.3 Å². The predicted octanol–water partition coefficient (Wildman–Crippen LogP) is 0.989. The van der Waals surface area contributed by atoms with E-state index in [9.17, 15) is 9.59 Å². The number of carbonyl (C=O) groups excluding carboxylic acids is 2. The van der Waals surface area contributed by atoms with Crippen LogP contribution in [0.5, 0.6) is 0 Å². The molecule has 0 radical (unpaired) electrons. The largest absolute Gasteiger partial charge is 0.465 e. The Hall–Kier alpha value is -1.26. The van der Waals surface area contributed by atoms with Crippen molar-refractivity contribution in [2.75, 3.05) is 19.7 Å². The molecule has 0 rings (SSSR count). The van der Waals surface area contributed by atoms with Gasteiger partial charge in [-0.3, -0.25) is 4.79 Å². The number of rotatable bonds is 5. The SMILES string of the molecule is CCOC(=O)CNC(=O)N(CC)C(C)C. The zero-order valence-corrected chi connectivity index (χ0v) is 9.87. The topological polar surface area (TPSA) is 58.6 Å². The molecule has 0 aliphatic heterocycles. The van der Waals surface area contributed by atoms with Gasteiger partial charge in [-0.25, -0.2) is 4.79 Å². The van der Waals surface area contributed by atoms with E-state index in [1.807, 2.05) is 20.8 Å². The van der Waals surface area contributed by atoms with Gasteiger partial charge < -0.3 is 15.0 Å². The molecule has 0 spiro atoms. The van der Waals surface area contributed by atoms with E-state index >= 15 is 0 Å². The summed E-state index contributed by atoms with van der Waals surface area (Å²) in [6, 6.07) is -0.113. The number of hydrogen-bond acceptors (Lipinski definition) is 3. The lowest BCUT2D eigenvalue weighted by Crippen LogP contribution is -2.45. The van der Waals surface area contributed by atoms with Crippen LogP contribution < -0.4 is 5.32 Å². The Kier molecular flexibility index (Phi) is 6.49. The van der Waals surface area contributed by atoms with Crippen molar-refractivity contribution in [2.24, 2.45) is 0 Å². The maximum Gasteiger partial charge on any atom is 0.325 e. The molecule has 0 bridgehead atoms. The van der Waals surface area contributed by atoms with Gasteiger partial charge in [0.15, 0.2) is 0 Å². The Bertz CT molecular complexity index is 217. The van der Waals surface area contributed by atoms with E-state index in [2.05, 4.69) is 5.32 Å². The van der Waals surface area contributed by atoms with E-state index < -0.39 is 5.97 Å². The molecule has 5 heteroatoms. The molecule has 0 heterocycles. The zero-order chi connectivity index (χ0) is 11.8. The zero-order valence-electron chi connectivity index (χ0n) is 9.87. The molecular formula is C10H20N2O3. The highest BCUT2D eigenvalue weighted by atomic mass is 16.5. The Morgan fingerprint density at radius 2 is 1.93 bits per heavy atom. The van der Waals surface area contributed by atoms with Gasteiger partial charge in [-0.15, -0.1) is 0 Å². The van der Waals surface area contributed by atoms with Crippen LogP contribution in [0.3, 0.4) is 0 Å². The lowest BCUT2D eigenvalue weighted by molar-refractivity contribution is -0.141. The van der Waals surface area contributed by atoms with Crippen LogP contribution in [0, 0.1) is 0 Å². The fourth-order valence-corrected chi connectivity index (χ4v) is 1.20. The van der Waals surface area contributed by atoms with Crippen molar-refractivity contribution in [3.8, 4) is 0 Å². The van der Waals surface area contributed by atoms with Gasteiger partial charge in [0.25, 0.3) is 0 Å². The Morgan fingerprint density at radius 3 is 2.33 bits per heavy atom. The van der Waals surface area contributed by atoms with Crippen LogP contribution in [-0.4, -0.2) is 42.6 Å². The summed E-state index contributed by atoms with van der Waals surface area (Å²) in [7, 11) is 0. The average Bonchev–Trinajstić information content (AvgIpc) is 2.15. The highest BCUT2D eigenvalue weighted by Crippen LogP contribution is 1.97. The van der Waals surface area contributed by atoms with Crippen LogP contribution in [0.2, 0.25) is 0 Å². The van der Waals surface area contributed by atoms with Gasteiger partial charge in [0.1, 0.15) is 6.54 Å². The first kappa shape index (κ1) is 13.7. The third kappa shape index (κ3) is 5.24. The minimum absolute atomic E-state index is 0.0735. The number of carbonyl (C=O) groups is 2. The van der Waals surface area contributed by atoms with Crippen molar-refractivity contribution in [1.29, 1.82) is 0 Å². The van der Waals surface area contributed by atoms with Crippen LogP contribution in [0.1, 0.15) is 27.7 Å². The molecule has 0 aliphatic rings. The number of nitrogens with zero attached hydrogens (tertiary/aromatic N) is 1. The summed E-state index contributed by atoms with van der Waals surface area (Å²) in [4.78, 5) is 24.1. The molecule has 5 nitrogen and oxygen atoms in total. The lowest BCUT2D eigenvalue weighted by atomic mass is 10.3. The van der Waals surface area contributed by atoms with E-state index in [1.54, 1.807) is 11.8 Å². The predicted molar refractivity (Wildman–Crippen MR) is 57.5 cm³/mol. The fourth-order valence-electron chi connectivity index (χ4n) is 1.20. The number of ether oxygens (including phenoxy) is 1. The Balaban J connectivity index is 3.96. The van der Waals surface area contributed by atoms with Crippen molar-refractivity contribution in [1.82, 2.24) is 10.2 Å². The number of esters is 1. The van der Waals surface area contributed by atoms with Gasteiger partial charge >= 0.3 is 12.0 Å². The normalized spacial score (nSPS) is 9.93. The summed E-state index contributed by atoms with van der Waals surface area (Å²) in [5.41, 5.74) is 0. The standard InChI is InChI=1S/C10H20N2O3/c1-5-12(8(3)4)10(14)11-7-9(13)15-6-2/h8H,5-7H2,1-4H3,(H,11,14). The fraction of sp³-hybridized carbons (Fsp3) is 0.800. The number of hydrogen-bond donors (Lipinski definition) is 1. The molecule has 0 aromatic rings. The first-order valence-electron chi connectivity index (χ1n) is 5.23. The quantitative estimate of drug-likeness (QED) is 0.697. The Morgan fingerprint density at radius 1 is 1.33 bits per heavy atom. The molecule has 0 unspecified atom stereocenters. The van der Waals surface area contributed by atoms with E-state index in [0.29, 0.717) is 13.2 Å². The molecule has 15 heavy (non-hydrogen) atoms. The molecule has 0 aliphatic carbocycles. The van der Waals surface area contributed by atoms with Crippen molar-refractivity contribution in [2.45, 2.75) is 33.7 Å². The Labute approximate surface area is 90.8 Å². The second-order valence-corrected chi connectivity index (χ2v) is 3.34. The highest BCUT2D eigenvalue weighted by Gasteiger charge is 2.15. The van der Waals surface area contributed by atoms with Crippen LogP contribution in [-0.2, 0) is 9.53 Å². The van der Waals surface area contributed by atoms with Gasteiger partial charge in [0.05, 0.1) is 6.61 Å². The van der Waals surface area contributed by atoms with Gasteiger partial charge in [0.2, 0.25) is 0 Å². The average molecular weight is 216 g/mol. The van der Waals surface area contributed by atoms with Crippen molar-refractivity contribution in [3.05, 3.63) is 0 Å². The smallest absolute Gasteiger partial charge is 0.325 e. The van der Waals surface area contributed by atoms with E-state index in [-0.39, 0.29) is 18.6 Å². The second-order valence-electron chi connectivity index (χ2n) is 3.34. The lowest BCUT2D eigenvalue weighted by Gasteiger charge is -2.25. The van der Waals surface area contributed by atoms with E-state index in [0.717, 1.165) is 0 Å². The van der Waals surface area contributed by atoms with E-state index in [1.165, 1.54) is 0 Å². The molecule has 0 fully saturated rings. The molecule has 1 N–H and O–H groups in total. The number of urea groups is 1. The van der Waals surface area contributed by atoms with Gasteiger partial charge in [-0.2, -0.15) is 0 Å². The van der Waals surface area contributed by atoms with Gasteiger partial charge in [-0.05, 0) is 27.7 Å². The summed E-state index contributed by atoms with van der Waals surface area (Å²) in [5.74, 6) is -0.411. The molecule has 0 aromatic heterocycles. The summed E-state index contributed by atoms with van der Waals surface area (Å²) in [5, 5.41) is 2.51. The molecule has 0 atom stereocenters. The summed E-state index contributed by atoms with van der Waals surface area (Å²) in [6.07, 6.45) is 0. The number of nitrogens with one attached hydrogen (secondary N) is 1. The summed E-state index contributed by atoms with van der Waals surface area (Å²) >= 11 is 0. The minimum atomic E-state index is -0.411. The third-order valence-corrected chi connectivity index (χ3v) is 1.91. The maximum atomic E-state index is 11.5. The number of amides is 2. The molecule has 0 saturated heterocycles. The maximum absolute atomic E-state index is 11.5. The first-order chi connectivity index (χ1) is 7.02. The monoisotopic (exact) mass is 216 g/mol. The van der Waals surface area contributed by atoms with Crippen molar-refractivity contribution in [3.63, 3.8) is 0 Å². The van der Waals surface area contributed by atoms with Crippen LogP contribution >= 0.6 is 0 Å². The first-order valence-corrected chi connectivity index (χ1v) is 5.23. The van der Waals surface area contributed by atoms with E-state index in [4.69, 9.17) is 4.74 Å². The minimum Gasteiger partial charge on any atom is -0.465 e. The molecule has 88 valence electrons. The molecule has 2 amide bonds. The van der Waals surface area contributed by atoms with Gasteiger partial charge in [-0.1, -0.05) is 0 Å². The molecule has 0 saturated carbocycles. The summed E-state index contributed by atoms with van der Waals surface area (Å²) < 4.78 is 4.69. The molecule has 0 aromatic carbocycles. The van der Waals surface area contributed by atoms with Gasteiger partial charge in [0, 0.05) is 12.6 Å². The van der Waals surface area contributed by atoms with Crippen molar-refractivity contribution >= 4 is 12.0 Å². The van der Waals surface area contributed by atoms with Crippen LogP contribution in [0.25, 0.3) is 0 Å².